The van der Waals surface area contributed by atoms with Gasteiger partial charge in [-0.15, -0.1) is 0 Å². The van der Waals surface area contributed by atoms with Gasteiger partial charge in [-0.3, -0.25) is 4.79 Å². The number of nitrogens with one attached hydrogen (secondary N) is 1. The quantitative estimate of drug-likeness (QED) is 0.306. The van der Waals surface area contributed by atoms with Crippen molar-refractivity contribution < 1.29 is 22.1 Å². The molecule has 0 amide bonds. The number of halogens is 1. The molecule has 31 heavy (non-hydrogen) atoms. The molecule has 0 saturated heterocycles. The van der Waals surface area contributed by atoms with E-state index in [4.69, 9.17) is 8.92 Å². The van der Waals surface area contributed by atoms with E-state index in [1.807, 2.05) is 24.3 Å². The maximum Gasteiger partial charge on any atom is 0.339 e. The average Bonchev–Trinajstić information content (AvgIpc) is 3.29. The van der Waals surface area contributed by atoms with Gasteiger partial charge in [0.2, 0.25) is 5.78 Å². The van der Waals surface area contributed by atoms with Crippen molar-refractivity contribution in [3.63, 3.8) is 0 Å². The van der Waals surface area contributed by atoms with Gasteiger partial charge in [-0.05, 0) is 48.5 Å². The van der Waals surface area contributed by atoms with Crippen molar-refractivity contribution >= 4 is 48.8 Å². The molecule has 0 atom stereocenters. The van der Waals surface area contributed by atoms with Gasteiger partial charge in [0, 0.05) is 33.2 Å². The number of Topliss-reactive ketones (excluding diaryl/α,β-unsaturated/α-hetero) is 1. The second kappa shape index (κ2) is 7.40. The first kappa shape index (κ1) is 19.6. The van der Waals surface area contributed by atoms with Crippen LogP contribution < -0.4 is 8.92 Å². The van der Waals surface area contributed by atoms with E-state index in [9.17, 15) is 13.2 Å². The van der Waals surface area contributed by atoms with Gasteiger partial charge in [-0.25, -0.2) is 0 Å². The summed E-state index contributed by atoms with van der Waals surface area (Å²) in [5.41, 5.74) is 2.12. The third-order valence-corrected chi connectivity index (χ3v) is 6.65. The van der Waals surface area contributed by atoms with Crippen LogP contribution in [0.1, 0.15) is 15.9 Å². The molecule has 8 heteroatoms. The number of rotatable bonds is 4. The van der Waals surface area contributed by atoms with E-state index in [0.29, 0.717) is 5.56 Å². The number of para-hydroxylation sites is 1. The van der Waals surface area contributed by atoms with Crippen molar-refractivity contribution in [2.75, 3.05) is 0 Å². The van der Waals surface area contributed by atoms with Gasteiger partial charge < -0.3 is 13.9 Å². The van der Waals surface area contributed by atoms with Gasteiger partial charge in [0.05, 0.1) is 5.56 Å². The van der Waals surface area contributed by atoms with E-state index in [0.717, 1.165) is 20.9 Å². The molecule has 0 bridgehead atoms. The number of aromatic amines is 1. The maximum absolute atomic E-state index is 12.7. The highest BCUT2D eigenvalue weighted by Crippen LogP contribution is 2.36. The second-order valence-corrected chi connectivity index (χ2v) is 9.34. The van der Waals surface area contributed by atoms with Crippen molar-refractivity contribution in [2.45, 2.75) is 4.90 Å². The predicted octanol–water partition coefficient (Wildman–Crippen LogP) is 5.31. The van der Waals surface area contributed by atoms with Crippen LogP contribution in [0, 0.1) is 0 Å². The molecule has 1 aromatic heterocycles. The van der Waals surface area contributed by atoms with Gasteiger partial charge >= 0.3 is 10.1 Å². The molecule has 6 nitrogen and oxygen atoms in total. The fourth-order valence-corrected chi connectivity index (χ4v) is 4.54. The molecule has 1 N–H and O–H groups in total. The average molecular weight is 496 g/mol. The molecule has 154 valence electrons. The molecule has 2 heterocycles. The van der Waals surface area contributed by atoms with Gasteiger partial charge in [-0.1, -0.05) is 34.1 Å². The second-order valence-electron chi connectivity index (χ2n) is 6.88. The first-order chi connectivity index (χ1) is 14.9. The number of ether oxygens (including phenoxy) is 1. The molecular formula is C23H14BrNO5S. The Morgan fingerprint density at radius 2 is 1.77 bits per heavy atom. The summed E-state index contributed by atoms with van der Waals surface area (Å²) < 4.78 is 36.8. The molecule has 0 unspecified atom stereocenters. The zero-order chi connectivity index (χ0) is 21.6. The fraction of sp³-hybridized carbons (Fsp3) is 0. The molecule has 0 spiro atoms. The highest BCUT2D eigenvalue weighted by atomic mass is 79.9. The Labute approximate surface area is 186 Å². The van der Waals surface area contributed by atoms with Crippen LogP contribution in [0.4, 0.5) is 0 Å². The lowest BCUT2D eigenvalue weighted by Crippen LogP contribution is -2.09. The van der Waals surface area contributed by atoms with Crippen LogP contribution in [0.2, 0.25) is 0 Å². The zero-order valence-corrected chi connectivity index (χ0v) is 18.2. The summed E-state index contributed by atoms with van der Waals surface area (Å²) in [5.74, 6) is 0.192. The van der Waals surface area contributed by atoms with Crippen molar-refractivity contribution in [2.24, 2.45) is 0 Å². The predicted molar refractivity (Wildman–Crippen MR) is 120 cm³/mol. The number of aromatic nitrogens is 1. The first-order valence-corrected chi connectivity index (χ1v) is 11.5. The maximum atomic E-state index is 12.7. The molecule has 0 fully saturated rings. The number of hydrogen-bond acceptors (Lipinski definition) is 5. The fourth-order valence-electron chi connectivity index (χ4n) is 3.35. The standard InChI is InChI=1S/C23H14BrNO5S/c24-15-5-8-17(9-6-15)31(27,28)30-16-7-10-19-21(12-16)29-22(23(19)26)11-14-13-25-20-4-2-1-3-18(14)20/h1-13,25H. The normalized spacial score (nSPS) is 14.6. The van der Waals surface area contributed by atoms with Gasteiger partial charge in [-0.2, -0.15) is 8.42 Å². The zero-order valence-electron chi connectivity index (χ0n) is 15.8. The number of benzene rings is 3. The lowest BCUT2D eigenvalue weighted by atomic mass is 10.1. The molecule has 0 saturated carbocycles. The molecule has 0 radical (unpaired) electrons. The summed E-state index contributed by atoms with van der Waals surface area (Å²) in [5, 5.41) is 0.965. The summed E-state index contributed by atoms with van der Waals surface area (Å²) in [4.78, 5) is 15.9. The van der Waals surface area contributed by atoms with E-state index in [-0.39, 0.29) is 27.9 Å². The SMILES string of the molecule is O=C1C(=Cc2c[nH]c3ccccc23)Oc2cc(OS(=O)(=O)c3ccc(Br)cc3)ccc21. The Morgan fingerprint density at radius 1 is 1.00 bits per heavy atom. The summed E-state index contributed by atoms with van der Waals surface area (Å²) >= 11 is 3.27. The van der Waals surface area contributed by atoms with Crippen LogP contribution in [0.3, 0.4) is 0 Å². The van der Waals surface area contributed by atoms with E-state index in [1.165, 1.54) is 30.3 Å². The third-order valence-electron chi connectivity index (χ3n) is 4.86. The minimum absolute atomic E-state index is 0.0214. The topological polar surface area (TPSA) is 85.5 Å². The number of carbonyl (C=O) groups is 1. The van der Waals surface area contributed by atoms with Crippen molar-refractivity contribution in [1.82, 2.24) is 4.98 Å². The van der Waals surface area contributed by atoms with E-state index >= 15 is 0 Å². The lowest BCUT2D eigenvalue weighted by molar-refractivity contribution is 0.101. The summed E-state index contributed by atoms with van der Waals surface area (Å²) in [7, 11) is -4.02. The lowest BCUT2D eigenvalue weighted by Gasteiger charge is -2.08. The summed E-state index contributed by atoms with van der Waals surface area (Å²) in [6.07, 6.45) is 3.47. The minimum Gasteiger partial charge on any atom is -0.452 e. The van der Waals surface area contributed by atoms with E-state index in [2.05, 4.69) is 20.9 Å². The minimum atomic E-state index is -4.02. The Balaban J connectivity index is 1.43. The van der Waals surface area contributed by atoms with Crippen LogP contribution in [0.25, 0.3) is 17.0 Å². The molecule has 1 aliphatic rings. The smallest absolute Gasteiger partial charge is 0.339 e. The summed E-state index contributed by atoms with van der Waals surface area (Å²) in [6, 6.07) is 18.2. The van der Waals surface area contributed by atoms with E-state index < -0.39 is 10.1 Å². The molecule has 4 aromatic rings. The number of fused-ring (bicyclic) bond motifs is 2. The van der Waals surface area contributed by atoms with Crippen LogP contribution in [-0.4, -0.2) is 19.2 Å². The Hall–Kier alpha value is -3.36. The van der Waals surface area contributed by atoms with Crippen LogP contribution in [0.15, 0.2) is 88.1 Å². The number of ketones is 1. The van der Waals surface area contributed by atoms with Crippen molar-refractivity contribution in [3.8, 4) is 11.5 Å². The van der Waals surface area contributed by atoms with Crippen LogP contribution in [0.5, 0.6) is 11.5 Å². The number of allylic oxidation sites excluding steroid dienone is 1. The van der Waals surface area contributed by atoms with Gasteiger partial charge in [0.15, 0.2) is 5.76 Å². The third kappa shape index (κ3) is 3.64. The number of carbonyl (C=O) groups excluding carboxylic acids is 1. The number of H-pyrrole nitrogens is 1. The Kier molecular flexibility index (Phi) is 4.68. The molecule has 3 aromatic carbocycles. The van der Waals surface area contributed by atoms with Crippen molar-refractivity contribution in [3.05, 3.63) is 94.3 Å². The van der Waals surface area contributed by atoms with Crippen LogP contribution >= 0.6 is 15.9 Å². The Bertz CT molecular complexity index is 1470. The van der Waals surface area contributed by atoms with E-state index in [1.54, 1.807) is 24.4 Å². The molecule has 5 rings (SSSR count). The highest BCUT2D eigenvalue weighted by Gasteiger charge is 2.29. The highest BCUT2D eigenvalue weighted by molar-refractivity contribution is 9.10. The van der Waals surface area contributed by atoms with Crippen molar-refractivity contribution in [1.29, 1.82) is 0 Å². The Morgan fingerprint density at radius 3 is 2.58 bits per heavy atom. The van der Waals surface area contributed by atoms with Gasteiger partial charge in [0.25, 0.3) is 0 Å². The molecule has 1 aliphatic heterocycles. The number of hydrogen-bond donors (Lipinski definition) is 1. The van der Waals surface area contributed by atoms with Gasteiger partial charge in [0.1, 0.15) is 16.4 Å². The monoisotopic (exact) mass is 495 g/mol. The first-order valence-electron chi connectivity index (χ1n) is 9.25. The van der Waals surface area contributed by atoms with Crippen LogP contribution in [-0.2, 0) is 10.1 Å². The molecule has 0 aliphatic carbocycles. The molecular weight excluding hydrogens is 482 g/mol. The largest absolute Gasteiger partial charge is 0.452 e. The summed E-state index contributed by atoms with van der Waals surface area (Å²) in [6.45, 7) is 0.